The predicted octanol–water partition coefficient (Wildman–Crippen LogP) is 6.62. The highest BCUT2D eigenvalue weighted by molar-refractivity contribution is 9.10. The molecule has 5 atom stereocenters. The van der Waals surface area contributed by atoms with Crippen molar-refractivity contribution in [3.8, 4) is 0 Å². The molecule has 2 aromatic carbocycles. The summed E-state index contributed by atoms with van der Waals surface area (Å²) < 4.78 is 2.76. The number of hydrogen-bond acceptors (Lipinski definition) is 4. The Morgan fingerprint density at radius 1 is 1.15 bits per heavy atom. The Bertz CT molecular complexity index is 1290. The van der Waals surface area contributed by atoms with Crippen LogP contribution in [0.4, 0.5) is 5.69 Å². The molecule has 2 saturated carbocycles. The van der Waals surface area contributed by atoms with Crippen molar-refractivity contribution in [3.05, 3.63) is 78.1 Å². The van der Waals surface area contributed by atoms with Gasteiger partial charge < -0.3 is 5.32 Å². The quantitative estimate of drug-likeness (QED) is 0.390. The number of benzene rings is 2. The maximum Gasteiger partial charge on any atom is 0.308 e. The number of nitrogens with one attached hydrogen (secondary N) is 1. The number of amides is 1. The molecule has 3 aliphatic rings. The predicted molar refractivity (Wildman–Crippen MR) is 139 cm³/mol. The summed E-state index contributed by atoms with van der Waals surface area (Å²) in [6.07, 6.45) is 3.87. The van der Waals surface area contributed by atoms with Crippen LogP contribution in [-0.4, -0.2) is 15.7 Å². The minimum Gasteiger partial charge on any atom is -0.325 e. The lowest BCUT2D eigenvalue weighted by Crippen LogP contribution is -2.34. The second kappa shape index (κ2) is 8.59. The lowest BCUT2D eigenvalue weighted by Gasteiger charge is -2.40. The first-order chi connectivity index (χ1) is 16.0. The normalized spacial score (nSPS) is 27.3. The summed E-state index contributed by atoms with van der Waals surface area (Å²) in [6, 6.07) is 15.5. The van der Waals surface area contributed by atoms with Crippen molar-refractivity contribution >= 4 is 62.2 Å². The molecule has 8 heteroatoms. The molecule has 0 radical (unpaired) electrons. The second-order valence-corrected chi connectivity index (χ2v) is 12.7. The molecule has 1 aromatic heterocycles. The monoisotopic (exact) mass is 560 g/mol. The van der Waals surface area contributed by atoms with E-state index in [1.54, 1.807) is 28.8 Å². The van der Waals surface area contributed by atoms with Crippen molar-refractivity contribution in [1.29, 1.82) is 0 Å². The van der Waals surface area contributed by atoms with E-state index in [1.807, 2.05) is 11.8 Å². The number of anilines is 1. The van der Waals surface area contributed by atoms with Gasteiger partial charge in [-0.1, -0.05) is 51.0 Å². The number of aromatic nitrogens is 1. The molecule has 1 amide bonds. The Morgan fingerprint density at radius 2 is 1.94 bits per heavy atom. The Morgan fingerprint density at radius 3 is 2.73 bits per heavy atom. The molecule has 170 valence electrons. The van der Waals surface area contributed by atoms with Crippen LogP contribution in [0.2, 0.25) is 5.02 Å². The molecule has 0 saturated heterocycles. The molecule has 1 N–H and O–H groups in total. The van der Waals surface area contributed by atoms with Crippen LogP contribution < -0.4 is 10.2 Å². The van der Waals surface area contributed by atoms with E-state index in [2.05, 4.69) is 45.5 Å². The third kappa shape index (κ3) is 3.91. The van der Waals surface area contributed by atoms with E-state index in [1.165, 1.54) is 36.2 Å². The van der Waals surface area contributed by atoms with E-state index >= 15 is 0 Å². The molecule has 33 heavy (non-hydrogen) atoms. The van der Waals surface area contributed by atoms with Gasteiger partial charge in [0.05, 0.1) is 5.03 Å². The van der Waals surface area contributed by atoms with Crippen molar-refractivity contribution in [2.45, 2.75) is 42.0 Å². The van der Waals surface area contributed by atoms with Gasteiger partial charge in [-0.2, -0.15) is 0 Å². The average molecular weight is 562 g/mol. The maximum absolute atomic E-state index is 13.1. The fourth-order valence-electron chi connectivity index (χ4n) is 6.04. The van der Waals surface area contributed by atoms with E-state index < -0.39 is 0 Å². The molecule has 4 nitrogen and oxygen atoms in total. The average Bonchev–Trinajstić information content (AvgIpc) is 3.48. The summed E-state index contributed by atoms with van der Waals surface area (Å²) in [5.41, 5.74) is 1.95. The van der Waals surface area contributed by atoms with Gasteiger partial charge in [-0.3, -0.25) is 14.2 Å². The molecule has 0 spiro atoms. The van der Waals surface area contributed by atoms with Crippen molar-refractivity contribution < 1.29 is 4.79 Å². The summed E-state index contributed by atoms with van der Waals surface area (Å²) in [5, 5.41) is 5.02. The third-order valence-electron chi connectivity index (χ3n) is 7.33. The van der Waals surface area contributed by atoms with Gasteiger partial charge in [0.2, 0.25) is 5.91 Å². The fraction of sp³-hybridized carbons (Fsp3) is 0.360. The van der Waals surface area contributed by atoms with Crippen LogP contribution in [0.15, 0.2) is 62.8 Å². The van der Waals surface area contributed by atoms with Gasteiger partial charge in [-0.25, -0.2) is 0 Å². The summed E-state index contributed by atoms with van der Waals surface area (Å²) in [6.45, 7) is 0.0248. The van der Waals surface area contributed by atoms with E-state index in [0.29, 0.717) is 27.8 Å². The topological polar surface area (TPSA) is 51.1 Å². The van der Waals surface area contributed by atoms with Gasteiger partial charge in [-0.05, 0) is 79.0 Å². The van der Waals surface area contributed by atoms with E-state index in [4.69, 9.17) is 11.6 Å². The van der Waals surface area contributed by atoms with E-state index in [-0.39, 0.29) is 23.2 Å². The highest BCUT2D eigenvalue weighted by Gasteiger charge is 2.55. The van der Waals surface area contributed by atoms with Gasteiger partial charge in [0.15, 0.2) is 0 Å². The minimum atomic E-state index is -0.199. The number of halogens is 2. The number of thioether (sulfide) groups is 1. The Kier molecular flexibility index (Phi) is 5.72. The number of carbonyl (C=O) groups excluding carboxylic acids is 1. The molecule has 2 fully saturated rings. The largest absolute Gasteiger partial charge is 0.325 e. The Hall–Kier alpha value is -1.54. The molecule has 3 aromatic rings. The SMILES string of the molecule is O=C(Cn1c2c(sc1=O)[C@@H](c1cccc(Br)c1)C1C3CCC(C3)C1S2)Nc1ccc(Cl)cc1. The minimum absolute atomic E-state index is 0.0248. The highest BCUT2D eigenvalue weighted by atomic mass is 79.9. The first-order valence-electron chi connectivity index (χ1n) is 11.2. The number of nitrogens with zero attached hydrogens (tertiary/aromatic N) is 1. The standard InChI is InChI=1S/C25H22BrClN2O2S2/c26-16-3-1-2-13(11-16)21-20-14-4-5-15(10-14)22(20)32-24-23(21)33-25(31)29(24)12-19(30)28-18-8-6-17(27)7-9-18/h1-3,6-9,11,14-15,20-22H,4-5,10,12H2,(H,28,30)/t14?,15?,20?,21-,22?/m0/s1. The summed E-state index contributed by atoms with van der Waals surface area (Å²) >= 11 is 12.8. The zero-order valence-corrected chi connectivity index (χ0v) is 21.6. The second-order valence-electron chi connectivity index (χ2n) is 9.20. The van der Waals surface area contributed by atoms with E-state index in [9.17, 15) is 9.59 Å². The van der Waals surface area contributed by atoms with Gasteiger partial charge in [0.25, 0.3) is 0 Å². The number of hydrogen-bond donors (Lipinski definition) is 1. The molecule has 2 aliphatic carbocycles. The van der Waals surface area contributed by atoms with Crippen LogP contribution in [0.25, 0.3) is 0 Å². The maximum atomic E-state index is 13.1. The van der Waals surface area contributed by atoms with Gasteiger partial charge in [-0.15, -0.1) is 11.8 Å². The zero-order chi connectivity index (χ0) is 22.7. The molecular weight excluding hydrogens is 540 g/mol. The smallest absolute Gasteiger partial charge is 0.308 e. The number of thiazole rings is 1. The fourth-order valence-corrected chi connectivity index (χ4v) is 9.73. The van der Waals surface area contributed by atoms with Crippen molar-refractivity contribution in [2.24, 2.45) is 17.8 Å². The lowest BCUT2D eigenvalue weighted by molar-refractivity contribution is -0.116. The summed E-state index contributed by atoms with van der Waals surface area (Å²) in [7, 11) is 0. The van der Waals surface area contributed by atoms with Crippen molar-refractivity contribution in [3.63, 3.8) is 0 Å². The van der Waals surface area contributed by atoms with Gasteiger partial charge in [0.1, 0.15) is 6.54 Å². The Balaban J connectivity index is 1.37. The molecule has 2 heterocycles. The molecule has 6 rings (SSSR count). The molecule has 2 bridgehead atoms. The van der Waals surface area contributed by atoms with Crippen LogP contribution in [0.5, 0.6) is 0 Å². The van der Waals surface area contributed by atoms with Crippen LogP contribution in [0.3, 0.4) is 0 Å². The number of rotatable bonds is 4. The van der Waals surface area contributed by atoms with Crippen LogP contribution in [0.1, 0.15) is 35.6 Å². The van der Waals surface area contributed by atoms with Gasteiger partial charge >= 0.3 is 4.87 Å². The Labute approximate surface area is 213 Å². The van der Waals surface area contributed by atoms with Gasteiger partial charge in [0, 0.05) is 31.2 Å². The van der Waals surface area contributed by atoms with Crippen LogP contribution >= 0.6 is 50.6 Å². The zero-order valence-electron chi connectivity index (χ0n) is 17.7. The number of fused-ring (bicyclic) bond motifs is 6. The first kappa shape index (κ1) is 22.0. The summed E-state index contributed by atoms with van der Waals surface area (Å²) in [4.78, 5) is 27.1. The highest BCUT2D eigenvalue weighted by Crippen LogP contribution is 2.64. The molecular formula is C25H22BrClN2O2S2. The van der Waals surface area contributed by atoms with Crippen LogP contribution in [0, 0.1) is 17.8 Å². The summed E-state index contributed by atoms with van der Waals surface area (Å²) in [5.74, 6) is 2.01. The third-order valence-corrected chi connectivity index (χ3v) is 10.9. The van der Waals surface area contributed by atoms with E-state index in [0.717, 1.165) is 20.3 Å². The number of carbonyl (C=O) groups is 1. The van der Waals surface area contributed by atoms with Crippen LogP contribution in [-0.2, 0) is 11.3 Å². The van der Waals surface area contributed by atoms with Crippen molar-refractivity contribution in [1.82, 2.24) is 4.57 Å². The molecule has 4 unspecified atom stereocenters. The lowest BCUT2D eigenvalue weighted by atomic mass is 9.75. The van der Waals surface area contributed by atoms with Crippen molar-refractivity contribution in [2.75, 3.05) is 5.32 Å². The first-order valence-corrected chi connectivity index (χ1v) is 14.1. The molecule has 1 aliphatic heterocycles.